The predicted octanol–water partition coefficient (Wildman–Crippen LogP) is 2.32. The number of ketones is 1. The summed E-state index contributed by atoms with van der Waals surface area (Å²) in [4.78, 5) is 20.9. The Kier molecular flexibility index (Phi) is 3.02. The quantitative estimate of drug-likeness (QED) is 0.438. The molecule has 0 saturated carbocycles. The monoisotopic (exact) mass is 224 g/mol. The van der Waals surface area contributed by atoms with E-state index in [4.69, 9.17) is 16.9 Å². The number of Topliss-reactive ketones (excluding diaryl/α,β-unsaturated/α-hetero) is 1. The van der Waals surface area contributed by atoms with Crippen LogP contribution in [-0.4, -0.2) is 10.7 Å². The highest BCUT2D eigenvalue weighted by Crippen LogP contribution is 2.30. The number of carbonyl (C=O) groups excluding carboxylic acids is 1. The van der Waals surface area contributed by atoms with Crippen molar-refractivity contribution in [1.82, 2.24) is 0 Å². The molecule has 0 saturated heterocycles. The summed E-state index contributed by atoms with van der Waals surface area (Å²) in [6.07, 6.45) is 0. The first-order valence-electron chi connectivity index (χ1n) is 3.87. The van der Waals surface area contributed by atoms with Crippen LogP contribution in [-0.2, 0) is 0 Å². The van der Waals surface area contributed by atoms with Crippen LogP contribution in [0.4, 0.5) is 5.69 Å². The number of nitro groups is 1. The van der Waals surface area contributed by atoms with Crippen molar-refractivity contribution < 1.29 is 9.72 Å². The minimum Gasteiger partial charge on any atom is -0.294 e. The number of hydrogen-bond acceptors (Lipinski definition) is 4. The fourth-order valence-electron chi connectivity index (χ4n) is 1.11. The molecule has 0 aliphatic rings. The van der Waals surface area contributed by atoms with E-state index in [0.29, 0.717) is 0 Å². The van der Waals surface area contributed by atoms with Crippen LogP contribution >= 0.6 is 11.6 Å². The fraction of sp³-hybridized carbons (Fsp3) is 0.111. The van der Waals surface area contributed by atoms with Crippen molar-refractivity contribution in [3.8, 4) is 6.07 Å². The van der Waals surface area contributed by atoms with Crippen LogP contribution in [0.5, 0.6) is 0 Å². The van der Waals surface area contributed by atoms with Crippen LogP contribution in [0.2, 0.25) is 5.02 Å². The summed E-state index contributed by atoms with van der Waals surface area (Å²) < 4.78 is 0. The van der Waals surface area contributed by atoms with Crippen molar-refractivity contribution in [1.29, 1.82) is 5.26 Å². The molecule has 0 aliphatic heterocycles. The third-order valence-electron chi connectivity index (χ3n) is 1.81. The number of hydrogen-bond donors (Lipinski definition) is 0. The zero-order valence-electron chi connectivity index (χ0n) is 7.65. The third kappa shape index (κ3) is 1.95. The number of rotatable bonds is 2. The molecule has 1 aromatic carbocycles. The molecule has 0 aliphatic carbocycles. The number of nitro benzene ring substituents is 1. The van der Waals surface area contributed by atoms with Gasteiger partial charge >= 0.3 is 0 Å². The van der Waals surface area contributed by atoms with Crippen LogP contribution in [0.3, 0.4) is 0 Å². The van der Waals surface area contributed by atoms with E-state index in [9.17, 15) is 14.9 Å². The smallest absolute Gasteiger partial charge is 0.289 e. The van der Waals surface area contributed by atoms with Crippen molar-refractivity contribution in [2.75, 3.05) is 0 Å². The molecule has 0 heterocycles. The van der Waals surface area contributed by atoms with Gasteiger partial charge in [-0.2, -0.15) is 5.26 Å². The molecular weight excluding hydrogens is 220 g/mol. The molecule has 0 amide bonds. The maximum absolute atomic E-state index is 11.1. The molecule has 0 atom stereocenters. The average Bonchev–Trinajstić information content (AvgIpc) is 2.16. The summed E-state index contributed by atoms with van der Waals surface area (Å²) in [5.74, 6) is -0.358. The van der Waals surface area contributed by atoms with Crippen molar-refractivity contribution in [2.45, 2.75) is 6.92 Å². The van der Waals surface area contributed by atoms with Gasteiger partial charge < -0.3 is 0 Å². The fourth-order valence-corrected chi connectivity index (χ4v) is 1.38. The lowest BCUT2D eigenvalue weighted by atomic mass is 10.0. The highest BCUT2D eigenvalue weighted by molar-refractivity contribution is 6.34. The van der Waals surface area contributed by atoms with Gasteiger partial charge in [-0.05, 0) is 13.0 Å². The molecule has 76 valence electrons. The number of halogens is 1. The lowest BCUT2D eigenvalue weighted by Gasteiger charge is -2.01. The summed E-state index contributed by atoms with van der Waals surface area (Å²) >= 11 is 5.64. The van der Waals surface area contributed by atoms with Crippen LogP contribution in [0.1, 0.15) is 22.8 Å². The van der Waals surface area contributed by atoms with Crippen molar-refractivity contribution >= 4 is 23.1 Å². The molecule has 0 N–H and O–H groups in total. The van der Waals surface area contributed by atoms with Gasteiger partial charge in [0.1, 0.15) is 11.1 Å². The first-order chi connectivity index (χ1) is 6.99. The molecule has 0 fully saturated rings. The minimum atomic E-state index is -0.701. The summed E-state index contributed by atoms with van der Waals surface area (Å²) in [6.45, 7) is 1.26. The molecular formula is C9H5ClN2O3. The van der Waals surface area contributed by atoms with Crippen LogP contribution in [0.15, 0.2) is 12.1 Å². The molecule has 0 bridgehead atoms. The Morgan fingerprint density at radius 2 is 2.20 bits per heavy atom. The van der Waals surface area contributed by atoms with E-state index in [1.807, 2.05) is 0 Å². The van der Waals surface area contributed by atoms with Gasteiger partial charge in [-0.25, -0.2) is 0 Å². The van der Waals surface area contributed by atoms with Crippen LogP contribution < -0.4 is 0 Å². The van der Waals surface area contributed by atoms with Crippen molar-refractivity contribution in [3.05, 3.63) is 38.4 Å². The first-order valence-corrected chi connectivity index (χ1v) is 4.24. The number of nitriles is 1. The van der Waals surface area contributed by atoms with E-state index >= 15 is 0 Å². The third-order valence-corrected chi connectivity index (χ3v) is 2.19. The van der Waals surface area contributed by atoms with E-state index in [-0.39, 0.29) is 27.6 Å². The lowest BCUT2D eigenvalue weighted by molar-refractivity contribution is -0.384. The number of carbonyl (C=O) groups is 1. The second-order valence-corrected chi connectivity index (χ2v) is 3.12. The Labute approximate surface area is 90.0 Å². The van der Waals surface area contributed by atoms with Crippen LogP contribution in [0.25, 0.3) is 0 Å². The summed E-state index contributed by atoms with van der Waals surface area (Å²) in [5, 5.41) is 18.9. The molecule has 0 unspecified atom stereocenters. The van der Waals surface area contributed by atoms with E-state index in [1.54, 1.807) is 6.07 Å². The molecule has 0 spiro atoms. The predicted molar refractivity (Wildman–Crippen MR) is 52.8 cm³/mol. The minimum absolute atomic E-state index is 0.0908. The second kappa shape index (κ2) is 4.07. The van der Waals surface area contributed by atoms with Gasteiger partial charge in [-0.1, -0.05) is 11.6 Å². The second-order valence-electron chi connectivity index (χ2n) is 2.75. The largest absolute Gasteiger partial charge is 0.294 e. The highest BCUT2D eigenvalue weighted by Gasteiger charge is 2.20. The molecule has 5 nitrogen and oxygen atoms in total. The molecule has 15 heavy (non-hydrogen) atoms. The first kappa shape index (κ1) is 11.1. The topological polar surface area (TPSA) is 84.0 Å². The highest BCUT2D eigenvalue weighted by atomic mass is 35.5. The number of benzene rings is 1. The van der Waals surface area contributed by atoms with Crippen molar-refractivity contribution in [2.24, 2.45) is 0 Å². The standard InChI is InChI=1S/C9H5ClN2O3/c1-5(13)6-2-3-8(12(14)15)9(10)7(6)4-11/h2-3H,1H3. The van der Waals surface area contributed by atoms with E-state index in [0.717, 1.165) is 6.07 Å². The van der Waals surface area contributed by atoms with Gasteiger partial charge in [-0.15, -0.1) is 0 Å². The Bertz CT molecular complexity index is 491. The zero-order chi connectivity index (χ0) is 11.6. The average molecular weight is 225 g/mol. The van der Waals surface area contributed by atoms with Gasteiger partial charge in [0.05, 0.1) is 10.5 Å². The van der Waals surface area contributed by atoms with Crippen molar-refractivity contribution in [3.63, 3.8) is 0 Å². The number of nitrogens with zero attached hydrogens (tertiary/aromatic N) is 2. The summed E-state index contributed by atoms with van der Waals surface area (Å²) in [7, 11) is 0. The lowest BCUT2D eigenvalue weighted by Crippen LogP contribution is -2.00. The zero-order valence-corrected chi connectivity index (χ0v) is 8.41. The summed E-state index contributed by atoms with van der Waals surface area (Å²) in [5.41, 5.74) is -0.440. The van der Waals surface area contributed by atoms with Gasteiger partial charge in [0.2, 0.25) is 0 Å². The van der Waals surface area contributed by atoms with Gasteiger partial charge in [-0.3, -0.25) is 14.9 Å². The molecule has 1 rings (SSSR count). The Morgan fingerprint density at radius 1 is 1.60 bits per heavy atom. The molecule has 1 aromatic rings. The van der Waals surface area contributed by atoms with Crippen LogP contribution in [0, 0.1) is 21.4 Å². The maximum Gasteiger partial charge on any atom is 0.289 e. The SMILES string of the molecule is CC(=O)c1ccc([N+](=O)[O-])c(Cl)c1C#N. The Hall–Kier alpha value is -1.93. The maximum atomic E-state index is 11.1. The molecule has 6 heteroatoms. The normalized spacial score (nSPS) is 9.40. The van der Waals surface area contributed by atoms with E-state index in [2.05, 4.69) is 0 Å². The van der Waals surface area contributed by atoms with Gasteiger partial charge in [0.25, 0.3) is 5.69 Å². The van der Waals surface area contributed by atoms with Gasteiger partial charge in [0.15, 0.2) is 5.78 Å². The Balaban J connectivity index is 3.55. The molecule has 0 radical (unpaired) electrons. The summed E-state index contributed by atoms with van der Waals surface area (Å²) in [6, 6.07) is 4.02. The molecule has 0 aromatic heterocycles. The van der Waals surface area contributed by atoms with E-state index < -0.39 is 4.92 Å². The Morgan fingerprint density at radius 3 is 2.60 bits per heavy atom. The van der Waals surface area contributed by atoms with E-state index in [1.165, 1.54) is 13.0 Å². The van der Waals surface area contributed by atoms with Gasteiger partial charge in [0, 0.05) is 11.6 Å².